The van der Waals surface area contributed by atoms with E-state index in [4.69, 9.17) is 11.6 Å². The number of fused-ring (bicyclic) bond motifs is 1. The van der Waals surface area contributed by atoms with Crippen LogP contribution in [-0.2, 0) is 12.8 Å². The molecule has 4 heteroatoms. The molecule has 0 radical (unpaired) electrons. The molecule has 2 rings (SSSR count). The average Bonchev–Trinajstić information content (AvgIpc) is 2.58. The van der Waals surface area contributed by atoms with Gasteiger partial charge >= 0.3 is 0 Å². The van der Waals surface area contributed by atoms with E-state index in [1.165, 1.54) is 11.1 Å². The summed E-state index contributed by atoms with van der Waals surface area (Å²) in [5.74, 6) is 0. The van der Waals surface area contributed by atoms with Gasteiger partial charge < -0.3 is 5.32 Å². The number of thioether (sulfide) groups is 1. The molecule has 1 N–H and O–H groups in total. The molecule has 0 saturated carbocycles. The van der Waals surface area contributed by atoms with E-state index in [0.29, 0.717) is 0 Å². The van der Waals surface area contributed by atoms with Crippen LogP contribution in [0.1, 0.15) is 25.0 Å². The lowest BCUT2D eigenvalue weighted by molar-refractivity contribution is 0.709. The lowest BCUT2D eigenvalue weighted by Gasteiger charge is -2.20. The molecule has 18 heavy (non-hydrogen) atoms. The lowest BCUT2D eigenvalue weighted by atomic mass is 10.0. The Morgan fingerprint density at radius 1 is 1.33 bits per heavy atom. The Morgan fingerprint density at radius 2 is 2.06 bits per heavy atom. The van der Waals surface area contributed by atoms with Gasteiger partial charge in [0, 0.05) is 4.90 Å². The first-order chi connectivity index (χ1) is 8.53. The van der Waals surface area contributed by atoms with Gasteiger partial charge in [0.15, 0.2) is 0 Å². The predicted octanol–water partition coefficient (Wildman–Crippen LogP) is 3.42. The van der Waals surface area contributed by atoms with Crippen LogP contribution in [0.4, 0.5) is 0 Å². The average molecular weight is 281 g/mol. The molecule has 0 aliphatic carbocycles. The minimum atomic E-state index is -0.446. The van der Waals surface area contributed by atoms with Gasteiger partial charge in [0.05, 0.1) is 11.1 Å². The van der Waals surface area contributed by atoms with Crippen molar-refractivity contribution in [3.8, 4) is 6.07 Å². The van der Waals surface area contributed by atoms with Crippen LogP contribution < -0.4 is 5.32 Å². The van der Waals surface area contributed by atoms with Gasteiger partial charge in [0.1, 0.15) is 4.75 Å². The van der Waals surface area contributed by atoms with Crippen molar-refractivity contribution in [3.05, 3.63) is 28.3 Å². The van der Waals surface area contributed by atoms with Crippen LogP contribution in [0, 0.1) is 11.3 Å². The summed E-state index contributed by atoms with van der Waals surface area (Å²) in [7, 11) is 0. The highest BCUT2D eigenvalue weighted by Gasteiger charge is 2.23. The Morgan fingerprint density at radius 3 is 2.78 bits per heavy atom. The predicted molar refractivity (Wildman–Crippen MR) is 77.3 cm³/mol. The molecule has 1 aliphatic heterocycles. The highest BCUT2D eigenvalue weighted by atomic mass is 35.5. The van der Waals surface area contributed by atoms with Crippen LogP contribution >= 0.6 is 23.4 Å². The fourth-order valence-electron chi connectivity index (χ4n) is 2.10. The van der Waals surface area contributed by atoms with Crippen LogP contribution in [-0.4, -0.2) is 17.8 Å². The molecule has 0 unspecified atom stereocenters. The third kappa shape index (κ3) is 3.00. The van der Waals surface area contributed by atoms with Crippen molar-refractivity contribution in [2.24, 2.45) is 0 Å². The number of hydrogen-bond donors (Lipinski definition) is 1. The first-order valence-corrected chi connectivity index (χ1v) is 7.34. The quantitative estimate of drug-likeness (QED) is 0.843. The van der Waals surface area contributed by atoms with Crippen molar-refractivity contribution in [1.82, 2.24) is 5.32 Å². The van der Waals surface area contributed by atoms with Crippen LogP contribution in [0.5, 0.6) is 0 Å². The van der Waals surface area contributed by atoms with Crippen molar-refractivity contribution in [1.29, 1.82) is 5.26 Å². The highest BCUT2D eigenvalue weighted by Crippen LogP contribution is 2.40. The monoisotopic (exact) mass is 280 g/mol. The maximum atomic E-state index is 9.18. The van der Waals surface area contributed by atoms with Crippen LogP contribution in [0.25, 0.3) is 0 Å². The van der Waals surface area contributed by atoms with Gasteiger partial charge in [-0.2, -0.15) is 5.26 Å². The summed E-state index contributed by atoms with van der Waals surface area (Å²) in [6, 6.07) is 6.41. The summed E-state index contributed by atoms with van der Waals surface area (Å²) in [4.78, 5) is 1.09. The van der Waals surface area contributed by atoms with Gasteiger partial charge in [-0.15, -0.1) is 11.8 Å². The number of halogens is 1. The van der Waals surface area contributed by atoms with E-state index in [9.17, 15) is 5.26 Å². The SMILES string of the molecule is CC(C)(C#N)Sc1c(Cl)ccc2c1CCNCC2. The first kappa shape index (κ1) is 13.7. The third-order valence-corrected chi connectivity index (χ3v) is 4.76. The molecule has 0 aromatic heterocycles. The molecule has 0 spiro atoms. The maximum absolute atomic E-state index is 9.18. The summed E-state index contributed by atoms with van der Waals surface area (Å²) in [6.07, 6.45) is 2.02. The molecule has 96 valence electrons. The minimum Gasteiger partial charge on any atom is -0.316 e. The second kappa shape index (κ2) is 5.52. The second-order valence-corrected chi connectivity index (χ2v) is 7.03. The Kier molecular flexibility index (Phi) is 4.21. The fourth-order valence-corrected chi connectivity index (χ4v) is 3.47. The molecular formula is C14H17ClN2S. The summed E-state index contributed by atoms with van der Waals surface area (Å²) in [5, 5.41) is 13.3. The van der Waals surface area contributed by atoms with Crippen molar-refractivity contribution < 1.29 is 0 Å². The van der Waals surface area contributed by atoms with Crippen molar-refractivity contribution >= 4 is 23.4 Å². The van der Waals surface area contributed by atoms with E-state index in [1.54, 1.807) is 11.8 Å². The molecule has 0 bridgehead atoms. The number of rotatable bonds is 2. The highest BCUT2D eigenvalue weighted by molar-refractivity contribution is 8.01. The number of benzene rings is 1. The van der Waals surface area contributed by atoms with E-state index >= 15 is 0 Å². The molecule has 0 saturated heterocycles. The molecule has 0 amide bonds. The minimum absolute atomic E-state index is 0.446. The number of nitrogens with one attached hydrogen (secondary N) is 1. The number of hydrogen-bond acceptors (Lipinski definition) is 3. The van der Waals surface area contributed by atoms with Gasteiger partial charge in [0.25, 0.3) is 0 Å². The van der Waals surface area contributed by atoms with Crippen molar-refractivity contribution in [2.75, 3.05) is 13.1 Å². The molecule has 2 nitrogen and oxygen atoms in total. The van der Waals surface area contributed by atoms with E-state index < -0.39 is 4.75 Å². The molecule has 0 fully saturated rings. The molecule has 1 aromatic carbocycles. The van der Waals surface area contributed by atoms with Gasteiger partial charge in [-0.25, -0.2) is 0 Å². The molecule has 0 atom stereocenters. The zero-order valence-corrected chi connectivity index (χ0v) is 12.3. The fraction of sp³-hybridized carbons (Fsp3) is 0.500. The lowest BCUT2D eigenvalue weighted by Crippen LogP contribution is -2.16. The first-order valence-electron chi connectivity index (χ1n) is 6.15. The van der Waals surface area contributed by atoms with E-state index in [1.807, 2.05) is 19.9 Å². The summed E-state index contributed by atoms with van der Waals surface area (Å²) < 4.78 is -0.446. The molecule has 1 heterocycles. The molecule has 1 aliphatic rings. The Hall–Kier alpha value is -0.690. The largest absolute Gasteiger partial charge is 0.316 e. The standard InChI is InChI=1S/C14H17ClN2S/c1-14(2,9-16)18-13-11-6-8-17-7-5-10(11)3-4-12(13)15/h3-4,17H,5-8H2,1-2H3. The smallest absolute Gasteiger partial charge is 0.101 e. The maximum Gasteiger partial charge on any atom is 0.101 e. The third-order valence-electron chi connectivity index (χ3n) is 3.06. The van der Waals surface area contributed by atoms with Crippen molar-refractivity contribution in [3.63, 3.8) is 0 Å². The van der Waals surface area contributed by atoms with Crippen LogP contribution in [0.3, 0.4) is 0 Å². The number of nitrogens with zero attached hydrogens (tertiary/aromatic N) is 1. The zero-order chi connectivity index (χ0) is 13.2. The van der Waals surface area contributed by atoms with Crippen molar-refractivity contribution in [2.45, 2.75) is 36.3 Å². The summed E-state index contributed by atoms with van der Waals surface area (Å²) in [6.45, 7) is 5.86. The van der Waals surface area contributed by atoms with E-state index in [2.05, 4.69) is 17.5 Å². The molecule has 1 aromatic rings. The number of nitriles is 1. The van der Waals surface area contributed by atoms with Gasteiger partial charge in [-0.3, -0.25) is 0 Å². The second-order valence-electron chi connectivity index (χ2n) is 4.99. The molecular weight excluding hydrogens is 264 g/mol. The van der Waals surface area contributed by atoms with Gasteiger partial charge in [-0.05, 0) is 57.0 Å². The van der Waals surface area contributed by atoms with Gasteiger partial charge in [0.2, 0.25) is 0 Å². The summed E-state index contributed by atoms with van der Waals surface area (Å²) in [5.41, 5.74) is 2.68. The summed E-state index contributed by atoms with van der Waals surface area (Å²) >= 11 is 7.90. The Balaban J connectivity index is 2.43. The normalized spacial score (nSPS) is 15.7. The van der Waals surface area contributed by atoms with Crippen LogP contribution in [0.15, 0.2) is 17.0 Å². The zero-order valence-electron chi connectivity index (χ0n) is 10.7. The van der Waals surface area contributed by atoms with E-state index in [-0.39, 0.29) is 0 Å². The van der Waals surface area contributed by atoms with E-state index in [0.717, 1.165) is 35.8 Å². The van der Waals surface area contributed by atoms with Gasteiger partial charge in [-0.1, -0.05) is 17.7 Å². The van der Waals surface area contributed by atoms with Crippen LogP contribution in [0.2, 0.25) is 5.02 Å². The Labute approximate surface area is 118 Å². The Bertz CT molecular complexity index is 491. The topological polar surface area (TPSA) is 35.8 Å².